The standard InChI is InChI=1S/C18H24N2O/c21-17(14-20-10-3-4-11-20)13-19-12-16-8-5-7-15-6-1-2-9-18(15)16/h1-2,5-9,17,19,21H,3-4,10-14H2. The van der Waals surface area contributed by atoms with E-state index in [1.165, 1.54) is 29.2 Å². The van der Waals surface area contributed by atoms with Crippen LogP contribution in [0.1, 0.15) is 18.4 Å². The number of hydrogen-bond donors (Lipinski definition) is 2. The van der Waals surface area contributed by atoms with Crippen molar-refractivity contribution in [3.8, 4) is 0 Å². The lowest BCUT2D eigenvalue weighted by molar-refractivity contribution is 0.123. The number of benzene rings is 2. The first-order chi connectivity index (χ1) is 10.3. The van der Waals surface area contributed by atoms with Crippen LogP contribution in [0.3, 0.4) is 0 Å². The number of rotatable bonds is 6. The second kappa shape index (κ2) is 7.03. The summed E-state index contributed by atoms with van der Waals surface area (Å²) in [4.78, 5) is 2.35. The van der Waals surface area contributed by atoms with Crippen molar-refractivity contribution in [3.63, 3.8) is 0 Å². The summed E-state index contributed by atoms with van der Waals surface area (Å²) in [5, 5.41) is 16.1. The van der Waals surface area contributed by atoms with Gasteiger partial charge in [-0.3, -0.25) is 0 Å². The van der Waals surface area contributed by atoms with Gasteiger partial charge in [0.05, 0.1) is 6.10 Å². The van der Waals surface area contributed by atoms with Crippen LogP contribution in [0.2, 0.25) is 0 Å². The van der Waals surface area contributed by atoms with Crippen molar-refractivity contribution < 1.29 is 5.11 Å². The normalized spacial score (nSPS) is 17.4. The van der Waals surface area contributed by atoms with Crippen molar-refractivity contribution in [2.45, 2.75) is 25.5 Å². The number of hydrogen-bond acceptors (Lipinski definition) is 3. The second-order valence-corrected chi connectivity index (χ2v) is 5.93. The molecule has 0 radical (unpaired) electrons. The molecule has 1 heterocycles. The smallest absolute Gasteiger partial charge is 0.0791 e. The van der Waals surface area contributed by atoms with Crippen molar-refractivity contribution in [1.82, 2.24) is 10.2 Å². The summed E-state index contributed by atoms with van der Waals surface area (Å²) in [7, 11) is 0. The molecule has 3 rings (SSSR count). The van der Waals surface area contributed by atoms with Crippen LogP contribution in [0.4, 0.5) is 0 Å². The molecule has 1 atom stereocenters. The minimum atomic E-state index is -0.280. The maximum Gasteiger partial charge on any atom is 0.0791 e. The molecule has 112 valence electrons. The summed E-state index contributed by atoms with van der Waals surface area (Å²) >= 11 is 0. The average Bonchev–Trinajstić information content (AvgIpc) is 3.00. The fraction of sp³-hybridized carbons (Fsp3) is 0.444. The van der Waals surface area contributed by atoms with Crippen LogP contribution in [-0.2, 0) is 6.54 Å². The number of likely N-dealkylation sites (tertiary alicyclic amines) is 1. The van der Waals surface area contributed by atoms with Gasteiger partial charge in [0.1, 0.15) is 0 Å². The summed E-state index contributed by atoms with van der Waals surface area (Å²) in [6.45, 7) is 4.53. The van der Waals surface area contributed by atoms with Crippen LogP contribution < -0.4 is 5.32 Å². The summed E-state index contributed by atoms with van der Waals surface area (Å²) in [6.07, 6.45) is 2.27. The molecule has 21 heavy (non-hydrogen) atoms. The van der Waals surface area contributed by atoms with Crippen LogP contribution in [-0.4, -0.2) is 42.3 Å². The van der Waals surface area contributed by atoms with Gasteiger partial charge >= 0.3 is 0 Å². The van der Waals surface area contributed by atoms with Crippen molar-refractivity contribution in [2.24, 2.45) is 0 Å². The van der Waals surface area contributed by atoms with E-state index in [1.54, 1.807) is 0 Å². The molecule has 1 saturated heterocycles. The molecule has 2 N–H and O–H groups in total. The number of aliphatic hydroxyl groups excluding tert-OH is 1. The second-order valence-electron chi connectivity index (χ2n) is 5.93. The zero-order valence-corrected chi connectivity index (χ0v) is 12.5. The monoisotopic (exact) mass is 284 g/mol. The number of nitrogens with zero attached hydrogens (tertiary/aromatic N) is 1. The highest BCUT2D eigenvalue weighted by atomic mass is 16.3. The van der Waals surface area contributed by atoms with E-state index in [-0.39, 0.29) is 6.10 Å². The Morgan fingerprint density at radius 3 is 2.67 bits per heavy atom. The van der Waals surface area contributed by atoms with Crippen molar-refractivity contribution in [1.29, 1.82) is 0 Å². The predicted octanol–water partition coefficient (Wildman–Crippen LogP) is 2.39. The molecule has 0 saturated carbocycles. The molecular formula is C18H24N2O. The third-order valence-corrected chi connectivity index (χ3v) is 4.24. The number of aliphatic hydroxyl groups is 1. The van der Waals surface area contributed by atoms with Gasteiger partial charge in [0.15, 0.2) is 0 Å². The Kier molecular flexibility index (Phi) is 4.86. The Hall–Kier alpha value is -1.42. The van der Waals surface area contributed by atoms with Gasteiger partial charge in [-0.15, -0.1) is 0 Å². The fourth-order valence-electron chi connectivity index (χ4n) is 3.15. The molecule has 1 fully saturated rings. The third-order valence-electron chi connectivity index (χ3n) is 4.24. The van der Waals surface area contributed by atoms with Crippen molar-refractivity contribution in [3.05, 3.63) is 48.0 Å². The number of nitrogens with one attached hydrogen (secondary N) is 1. The predicted molar refractivity (Wildman–Crippen MR) is 87.3 cm³/mol. The Morgan fingerprint density at radius 1 is 1.05 bits per heavy atom. The largest absolute Gasteiger partial charge is 0.390 e. The quantitative estimate of drug-likeness (QED) is 0.855. The van der Waals surface area contributed by atoms with E-state index in [1.807, 2.05) is 0 Å². The molecule has 0 bridgehead atoms. The van der Waals surface area contributed by atoms with Gasteiger partial charge in [-0.1, -0.05) is 42.5 Å². The maximum absolute atomic E-state index is 10.1. The SMILES string of the molecule is OC(CNCc1cccc2ccccc12)CN1CCCC1. The molecule has 2 aromatic rings. The highest BCUT2D eigenvalue weighted by molar-refractivity contribution is 5.85. The lowest BCUT2D eigenvalue weighted by atomic mass is 10.0. The minimum absolute atomic E-state index is 0.280. The van der Waals surface area contributed by atoms with Gasteiger partial charge in [-0.05, 0) is 42.3 Å². The van der Waals surface area contributed by atoms with Gasteiger partial charge in [-0.2, -0.15) is 0 Å². The number of β-amino-alcohol motifs (C(OH)–C–C–N with tert-alkyl or cyclic N) is 1. The summed E-state index contributed by atoms with van der Waals surface area (Å²) in [5.74, 6) is 0. The first-order valence-corrected chi connectivity index (χ1v) is 7.91. The van der Waals surface area contributed by atoms with Gasteiger partial charge < -0.3 is 15.3 Å². The Morgan fingerprint density at radius 2 is 1.81 bits per heavy atom. The van der Waals surface area contributed by atoms with Gasteiger partial charge in [0.2, 0.25) is 0 Å². The molecule has 0 aromatic heterocycles. The minimum Gasteiger partial charge on any atom is -0.390 e. The molecule has 1 aliphatic heterocycles. The van der Waals surface area contributed by atoms with Crippen molar-refractivity contribution in [2.75, 3.05) is 26.2 Å². The van der Waals surface area contributed by atoms with Gasteiger partial charge in [0.25, 0.3) is 0 Å². The lowest BCUT2D eigenvalue weighted by Crippen LogP contribution is -2.36. The molecular weight excluding hydrogens is 260 g/mol. The maximum atomic E-state index is 10.1. The van der Waals surface area contributed by atoms with E-state index >= 15 is 0 Å². The van der Waals surface area contributed by atoms with Crippen LogP contribution in [0.25, 0.3) is 10.8 Å². The van der Waals surface area contributed by atoms with E-state index in [0.717, 1.165) is 26.2 Å². The first-order valence-electron chi connectivity index (χ1n) is 7.91. The van der Waals surface area contributed by atoms with E-state index in [4.69, 9.17) is 0 Å². The van der Waals surface area contributed by atoms with E-state index in [2.05, 4.69) is 52.7 Å². The zero-order valence-electron chi connectivity index (χ0n) is 12.5. The van der Waals surface area contributed by atoms with Gasteiger partial charge in [-0.25, -0.2) is 0 Å². The average molecular weight is 284 g/mol. The summed E-state index contributed by atoms with van der Waals surface area (Å²) in [6, 6.07) is 14.8. The molecule has 2 aromatic carbocycles. The molecule has 0 spiro atoms. The van der Waals surface area contributed by atoms with Crippen LogP contribution in [0.5, 0.6) is 0 Å². The van der Waals surface area contributed by atoms with E-state index in [9.17, 15) is 5.11 Å². The number of fused-ring (bicyclic) bond motifs is 1. The molecule has 1 aliphatic rings. The summed E-state index contributed by atoms with van der Waals surface area (Å²) in [5.41, 5.74) is 1.29. The van der Waals surface area contributed by atoms with E-state index in [0.29, 0.717) is 6.54 Å². The first kappa shape index (κ1) is 14.5. The molecule has 0 aliphatic carbocycles. The topological polar surface area (TPSA) is 35.5 Å². The van der Waals surface area contributed by atoms with E-state index < -0.39 is 0 Å². The van der Waals surface area contributed by atoms with Crippen molar-refractivity contribution >= 4 is 10.8 Å². The van der Waals surface area contributed by atoms with Crippen LogP contribution in [0, 0.1) is 0 Å². The molecule has 0 amide bonds. The Balaban J connectivity index is 1.52. The molecule has 1 unspecified atom stereocenters. The zero-order chi connectivity index (χ0) is 14.5. The highest BCUT2D eigenvalue weighted by Crippen LogP contribution is 2.18. The Bertz CT molecular complexity index is 573. The van der Waals surface area contributed by atoms with Gasteiger partial charge in [0, 0.05) is 19.6 Å². The van der Waals surface area contributed by atoms with Crippen LogP contribution >= 0.6 is 0 Å². The highest BCUT2D eigenvalue weighted by Gasteiger charge is 2.15. The summed E-state index contributed by atoms with van der Waals surface area (Å²) < 4.78 is 0. The molecule has 3 nitrogen and oxygen atoms in total. The van der Waals surface area contributed by atoms with Crippen LogP contribution in [0.15, 0.2) is 42.5 Å². The molecule has 3 heteroatoms. The fourth-order valence-corrected chi connectivity index (χ4v) is 3.15. The third kappa shape index (κ3) is 3.82. The Labute approximate surface area is 126 Å². The lowest BCUT2D eigenvalue weighted by Gasteiger charge is -2.19.